The highest BCUT2D eigenvalue weighted by atomic mass is 16.1. The van der Waals surface area contributed by atoms with Crippen molar-refractivity contribution in [3.05, 3.63) is 75.9 Å². The molecule has 25 heavy (non-hydrogen) atoms. The van der Waals surface area contributed by atoms with Crippen molar-refractivity contribution in [2.45, 2.75) is 41.5 Å². The fraction of sp³-hybridized carbons (Fsp3) is 0.273. The van der Waals surface area contributed by atoms with Gasteiger partial charge in [-0.3, -0.25) is 4.79 Å². The van der Waals surface area contributed by atoms with E-state index in [0.29, 0.717) is 5.82 Å². The molecule has 0 aliphatic rings. The summed E-state index contributed by atoms with van der Waals surface area (Å²) in [6.07, 6.45) is 4.90. The first kappa shape index (κ1) is 17.2. The van der Waals surface area contributed by atoms with Crippen molar-refractivity contribution in [3.63, 3.8) is 0 Å². The predicted octanol–water partition coefficient (Wildman–Crippen LogP) is 4.42. The van der Waals surface area contributed by atoms with Crippen LogP contribution in [-0.2, 0) is 0 Å². The lowest BCUT2D eigenvalue weighted by atomic mass is 10.0. The number of hydrogen-bond acceptors (Lipinski definition) is 1. The van der Waals surface area contributed by atoms with Gasteiger partial charge in [0.15, 0.2) is 0 Å². The summed E-state index contributed by atoms with van der Waals surface area (Å²) < 4.78 is 3.99. The largest absolute Gasteiger partial charge is 0.332 e. The normalized spacial score (nSPS) is 11.0. The minimum atomic E-state index is 0.630. The molecule has 128 valence electrons. The predicted molar refractivity (Wildman–Crippen MR) is 101 cm³/mol. The van der Waals surface area contributed by atoms with Crippen LogP contribution in [0.3, 0.4) is 0 Å². The van der Waals surface area contributed by atoms with E-state index in [2.05, 4.69) is 65.8 Å². The van der Waals surface area contributed by atoms with Crippen LogP contribution < -0.4 is 4.57 Å². The number of imidazole rings is 1. The van der Waals surface area contributed by atoms with E-state index < -0.39 is 0 Å². The van der Waals surface area contributed by atoms with E-state index in [1.807, 2.05) is 21.5 Å². The van der Waals surface area contributed by atoms with Crippen molar-refractivity contribution in [1.82, 2.24) is 4.57 Å². The number of nitrogens with zero attached hydrogens (tertiary/aromatic N) is 2. The number of carbonyl (C=O) groups is 1. The van der Waals surface area contributed by atoms with Gasteiger partial charge in [-0.15, -0.1) is 0 Å². The van der Waals surface area contributed by atoms with Crippen molar-refractivity contribution < 1.29 is 9.36 Å². The van der Waals surface area contributed by atoms with Crippen LogP contribution >= 0.6 is 0 Å². The molecule has 0 radical (unpaired) electrons. The van der Waals surface area contributed by atoms with E-state index in [-0.39, 0.29) is 0 Å². The van der Waals surface area contributed by atoms with E-state index in [1.165, 1.54) is 33.4 Å². The Morgan fingerprint density at radius 3 is 1.76 bits per heavy atom. The minimum Gasteiger partial charge on any atom is -0.289 e. The molecule has 1 heterocycles. The minimum absolute atomic E-state index is 0.630. The molecule has 0 N–H and O–H groups in total. The Morgan fingerprint density at radius 2 is 1.28 bits per heavy atom. The molecule has 0 atom stereocenters. The first-order valence-corrected chi connectivity index (χ1v) is 8.58. The van der Waals surface area contributed by atoms with Gasteiger partial charge >= 0.3 is 5.82 Å². The molecule has 0 saturated carbocycles. The third-order valence-corrected chi connectivity index (χ3v) is 4.72. The molecule has 3 rings (SSSR count). The van der Waals surface area contributed by atoms with Crippen molar-refractivity contribution in [1.29, 1.82) is 0 Å². The fourth-order valence-corrected chi connectivity index (χ4v) is 4.00. The maximum atomic E-state index is 12.0. The third kappa shape index (κ3) is 2.91. The van der Waals surface area contributed by atoms with Gasteiger partial charge < -0.3 is 0 Å². The SMILES string of the molecule is Cc1cc(C)c(-n2cc[n+](-c3c(C)cc(C)cc3C)c2C=O)c(C)c1. The Labute approximate surface area is 149 Å². The third-order valence-electron chi connectivity index (χ3n) is 4.72. The number of carbonyl (C=O) groups excluding carboxylic acids is 1. The standard InChI is InChI=1S/C22H25N2O/c1-14-9-16(3)21(17(4)10-14)23-7-8-24(20(23)13-25)22-18(5)11-15(2)12-19(22)6/h7-13H,1-6H3/q+1. The van der Waals surface area contributed by atoms with Gasteiger partial charge in [0, 0.05) is 0 Å². The maximum absolute atomic E-state index is 12.0. The lowest BCUT2D eigenvalue weighted by Crippen LogP contribution is -2.36. The van der Waals surface area contributed by atoms with Crippen LogP contribution in [0.4, 0.5) is 0 Å². The zero-order valence-electron chi connectivity index (χ0n) is 15.8. The van der Waals surface area contributed by atoms with E-state index in [0.717, 1.165) is 17.7 Å². The molecule has 0 spiro atoms. The van der Waals surface area contributed by atoms with Crippen LogP contribution in [0.25, 0.3) is 11.4 Å². The van der Waals surface area contributed by atoms with Crippen LogP contribution in [0.2, 0.25) is 0 Å². The van der Waals surface area contributed by atoms with Gasteiger partial charge in [0.25, 0.3) is 0 Å². The first-order valence-electron chi connectivity index (χ1n) is 8.58. The van der Waals surface area contributed by atoms with Crippen molar-refractivity contribution in [2.24, 2.45) is 0 Å². The molecule has 0 unspecified atom stereocenters. The Kier molecular flexibility index (Phi) is 4.34. The van der Waals surface area contributed by atoms with E-state index >= 15 is 0 Å². The van der Waals surface area contributed by atoms with E-state index in [9.17, 15) is 4.79 Å². The zero-order valence-corrected chi connectivity index (χ0v) is 15.8. The summed E-state index contributed by atoms with van der Waals surface area (Å²) >= 11 is 0. The van der Waals surface area contributed by atoms with Gasteiger partial charge in [-0.1, -0.05) is 35.4 Å². The lowest BCUT2D eigenvalue weighted by molar-refractivity contribution is -0.597. The Bertz CT molecular complexity index is 859. The highest BCUT2D eigenvalue weighted by molar-refractivity contribution is 5.70. The number of benzene rings is 2. The smallest absolute Gasteiger partial charge is 0.289 e. The van der Waals surface area contributed by atoms with Crippen LogP contribution in [0.15, 0.2) is 36.7 Å². The van der Waals surface area contributed by atoms with Crippen LogP contribution in [0.1, 0.15) is 44.0 Å². The highest BCUT2D eigenvalue weighted by Gasteiger charge is 2.24. The molecule has 2 aromatic carbocycles. The van der Waals surface area contributed by atoms with Gasteiger partial charge in [-0.2, -0.15) is 9.13 Å². The van der Waals surface area contributed by atoms with Gasteiger partial charge in [0.05, 0.1) is 0 Å². The molecule has 1 aromatic heterocycles. The van der Waals surface area contributed by atoms with Gasteiger partial charge in [0.1, 0.15) is 23.8 Å². The maximum Gasteiger partial charge on any atom is 0.332 e. The van der Waals surface area contributed by atoms with E-state index in [4.69, 9.17) is 0 Å². The van der Waals surface area contributed by atoms with Crippen molar-refractivity contribution in [3.8, 4) is 11.4 Å². The zero-order chi connectivity index (χ0) is 18.3. The van der Waals surface area contributed by atoms with Gasteiger partial charge in [-0.05, 0) is 63.8 Å². The second-order valence-corrected chi connectivity index (χ2v) is 7.01. The highest BCUT2D eigenvalue weighted by Crippen LogP contribution is 2.23. The molecule has 0 fully saturated rings. The Balaban J connectivity index is 2.28. The molecule has 0 aliphatic heterocycles. The molecule has 0 aliphatic carbocycles. The second kappa shape index (κ2) is 6.32. The number of hydrogen-bond donors (Lipinski definition) is 0. The molecule has 0 saturated heterocycles. The quantitative estimate of drug-likeness (QED) is 0.515. The summed E-state index contributed by atoms with van der Waals surface area (Å²) in [5, 5.41) is 0. The average Bonchev–Trinajstić information content (AvgIpc) is 2.88. The summed E-state index contributed by atoms with van der Waals surface area (Å²) in [5.41, 5.74) is 9.29. The van der Waals surface area contributed by atoms with Crippen LogP contribution in [-0.4, -0.2) is 10.9 Å². The lowest BCUT2D eigenvalue weighted by Gasteiger charge is -2.10. The Hall–Kier alpha value is -2.68. The topological polar surface area (TPSA) is 25.9 Å². The molecule has 0 amide bonds. The molecule has 0 bridgehead atoms. The Morgan fingerprint density at radius 1 is 0.800 bits per heavy atom. The average molecular weight is 333 g/mol. The summed E-state index contributed by atoms with van der Waals surface area (Å²) in [7, 11) is 0. The van der Waals surface area contributed by atoms with Gasteiger partial charge in [-0.25, -0.2) is 0 Å². The fourth-order valence-electron chi connectivity index (χ4n) is 4.00. The first-order chi connectivity index (χ1) is 11.8. The molecular formula is C22H25N2O+. The van der Waals surface area contributed by atoms with Gasteiger partial charge in [0.2, 0.25) is 6.29 Å². The summed E-state index contributed by atoms with van der Waals surface area (Å²) in [6, 6.07) is 8.63. The number of aryl methyl sites for hydroxylation is 6. The van der Waals surface area contributed by atoms with Crippen LogP contribution in [0.5, 0.6) is 0 Å². The molecule has 3 aromatic rings. The summed E-state index contributed by atoms with van der Waals surface area (Å²) in [5.74, 6) is 0.630. The van der Waals surface area contributed by atoms with Crippen molar-refractivity contribution in [2.75, 3.05) is 0 Å². The summed E-state index contributed by atoms with van der Waals surface area (Å²) in [6.45, 7) is 12.6. The molecule has 3 nitrogen and oxygen atoms in total. The number of rotatable bonds is 3. The molecular weight excluding hydrogens is 308 g/mol. The van der Waals surface area contributed by atoms with E-state index in [1.54, 1.807) is 0 Å². The van der Waals surface area contributed by atoms with Crippen molar-refractivity contribution >= 4 is 6.29 Å². The molecule has 3 heteroatoms. The summed E-state index contributed by atoms with van der Waals surface area (Å²) in [4.78, 5) is 12.0. The second-order valence-electron chi connectivity index (χ2n) is 7.01. The number of aldehydes is 1. The van der Waals surface area contributed by atoms with Crippen LogP contribution in [0, 0.1) is 41.5 Å². The number of aromatic nitrogens is 2. The monoisotopic (exact) mass is 333 g/mol.